The average Bonchev–Trinajstić information content (AvgIpc) is 3.04. The van der Waals surface area contributed by atoms with Crippen molar-refractivity contribution in [3.8, 4) is 0 Å². The van der Waals surface area contributed by atoms with Gasteiger partial charge >= 0.3 is 5.97 Å². The van der Waals surface area contributed by atoms with Crippen LogP contribution in [0.3, 0.4) is 0 Å². The summed E-state index contributed by atoms with van der Waals surface area (Å²) in [6, 6.07) is 0. The number of amides is 1. The molecule has 108 valence electrons. The van der Waals surface area contributed by atoms with Crippen molar-refractivity contribution in [2.45, 2.75) is 38.4 Å². The summed E-state index contributed by atoms with van der Waals surface area (Å²) in [5.41, 5.74) is 0. The van der Waals surface area contributed by atoms with E-state index in [1.807, 2.05) is 0 Å². The summed E-state index contributed by atoms with van der Waals surface area (Å²) in [5, 5.41) is 11.7. The van der Waals surface area contributed by atoms with Crippen molar-refractivity contribution in [2.24, 2.45) is 5.92 Å². The second-order valence-electron chi connectivity index (χ2n) is 5.32. The topological polar surface area (TPSA) is 78.9 Å². The molecule has 2 aliphatic rings. The lowest BCUT2D eigenvalue weighted by atomic mass is 10.1. The number of hydrogen-bond donors (Lipinski definition) is 2. The highest BCUT2D eigenvalue weighted by Crippen LogP contribution is 2.20. The van der Waals surface area contributed by atoms with Crippen LogP contribution < -0.4 is 5.32 Å². The van der Waals surface area contributed by atoms with Crippen LogP contribution in [0.5, 0.6) is 0 Å². The lowest BCUT2D eigenvalue weighted by molar-refractivity contribution is -0.151. The number of carbonyl (C=O) groups is 2. The van der Waals surface area contributed by atoms with Crippen LogP contribution in [0.15, 0.2) is 0 Å². The van der Waals surface area contributed by atoms with Crippen LogP contribution >= 0.6 is 0 Å². The molecule has 6 nitrogen and oxygen atoms in total. The highest BCUT2D eigenvalue weighted by molar-refractivity contribution is 5.82. The smallest absolute Gasteiger partial charge is 0.332 e. The van der Waals surface area contributed by atoms with Crippen LogP contribution in [0.25, 0.3) is 0 Å². The molecule has 2 rings (SSSR count). The Hall–Kier alpha value is -1.14. The minimum absolute atomic E-state index is 0.168. The van der Waals surface area contributed by atoms with E-state index in [0.29, 0.717) is 25.3 Å². The third-order valence-corrected chi connectivity index (χ3v) is 3.97. The van der Waals surface area contributed by atoms with E-state index in [-0.39, 0.29) is 5.91 Å². The minimum atomic E-state index is -0.982. The monoisotopic (exact) mass is 270 g/mol. The normalized spacial score (nSPS) is 31.5. The van der Waals surface area contributed by atoms with Gasteiger partial charge in [-0.2, -0.15) is 0 Å². The highest BCUT2D eigenvalue weighted by Gasteiger charge is 2.35. The maximum Gasteiger partial charge on any atom is 0.332 e. The molecule has 6 heteroatoms. The lowest BCUT2D eigenvalue weighted by Gasteiger charge is -2.15. The van der Waals surface area contributed by atoms with E-state index in [4.69, 9.17) is 9.84 Å². The Morgan fingerprint density at radius 1 is 1.32 bits per heavy atom. The largest absolute Gasteiger partial charge is 0.479 e. The van der Waals surface area contributed by atoms with E-state index in [2.05, 4.69) is 17.1 Å². The Morgan fingerprint density at radius 3 is 2.63 bits per heavy atom. The maximum absolute atomic E-state index is 11.9. The van der Waals surface area contributed by atoms with E-state index >= 15 is 0 Å². The van der Waals surface area contributed by atoms with Gasteiger partial charge in [-0.3, -0.25) is 4.79 Å². The number of carboxylic acid groups (broad SMARTS) is 1. The molecule has 2 heterocycles. The van der Waals surface area contributed by atoms with E-state index in [9.17, 15) is 9.59 Å². The van der Waals surface area contributed by atoms with Crippen molar-refractivity contribution in [1.29, 1.82) is 0 Å². The van der Waals surface area contributed by atoms with Crippen LogP contribution in [-0.4, -0.2) is 60.3 Å². The van der Waals surface area contributed by atoms with Crippen molar-refractivity contribution in [1.82, 2.24) is 10.2 Å². The van der Waals surface area contributed by atoms with Crippen molar-refractivity contribution in [3.63, 3.8) is 0 Å². The van der Waals surface area contributed by atoms with Gasteiger partial charge in [-0.05, 0) is 38.3 Å². The number of nitrogens with one attached hydrogen (secondary N) is 1. The van der Waals surface area contributed by atoms with Gasteiger partial charge in [-0.15, -0.1) is 0 Å². The number of rotatable bonds is 5. The van der Waals surface area contributed by atoms with Crippen molar-refractivity contribution in [3.05, 3.63) is 0 Å². The van der Waals surface area contributed by atoms with Crippen LogP contribution in [0.4, 0.5) is 0 Å². The van der Waals surface area contributed by atoms with Gasteiger partial charge in [-0.1, -0.05) is 6.92 Å². The summed E-state index contributed by atoms with van der Waals surface area (Å²) in [4.78, 5) is 25.0. The number of aliphatic carboxylic acids is 1. The zero-order chi connectivity index (χ0) is 13.8. The molecule has 0 aromatic carbocycles. The molecular weight excluding hydrogens is 248 g/mol. The quantitative estimate of drug-likeness (QED) is 0.739. The molecule has 2 N–H and O–H groups in total. The SMILES string of the molecule is CCN1CCC(CNC(=O)[C@@H]2CC[C@H](C(=O)O)O2)C1. The molecule has 0 spiro atoms. The number of likely N-dealkylation sites (tertiary alicyclic amines) is 1. The second kappa shape index (κ2) is 6.34. The van der Waals surface area contributed by atoms with Gasteiger partial charge in [0.1, 0.15) is 6.10 Å². The zero-order valence-corrected chi connectivity index (χ0v) is 11.3. The first-order chi connectivity index (χ1) is 9.10. The van der Waals surface area contributed by atoms with E-state index in [0.717, 1.165) is 26.1 Å². The molecule has 1 unspecified atom stereocenters. The van der Waals surface area contributed by atoms with Crippen LogP contribution in [0.1, 0.15) is 26.2 Å². The molecule has 2 fully saturated rings. The first kappa shape index (κ1) is 14.3. The Balaban J connectivity index is 1.69. The molecule has 2 saturated heterocycles. The molecule has 0 saturated carbocycles. The average molecular weight is 270 g/mol. The standard InChI is InChI=1S/C13H22N2O4/c1-2-15-6-5-9(8-15)7-14-12(16)10-3-4-11(19-10)13(17)18/h9-11H,2-8H2,1H3,(H,14,16)(H,17,18)/t9?,10-,11+/m0/s1. The number of carbonyl (C=O) groups excluding carboxylic acids is 1. The molecule has 0 aliphatic carbocycles. The van der Waals surface area contributed by atoms with Gasteiger partial charge in [0, 0.05) is 13.1 Å². The predicted octanol–water partition coefficient (Wildman–Crippen LogP) is 0.0766. The third-order valence-electron chi connectivity index (χ3n) is 3.97. The molecule has 0 aromatic rings. The molecule has 2 aliphatic heterocycles. The first-order valence-corrected chi connectivity index (χ1v) is 6.98. The van der Waals surface area contributed by atoms with Crippen molar-refractivity contribution >= 4 is 11.9 Å². The molecule has 0 aromatic heterocycles. The fraction of sp³-hybridized carbons (Fsp3) is 0.846. The Bertz CT molecular complexity index is 348. The summed E-state index contributed by atoms with van der Waals surface area (Å²) in [6.07, 6.45) is 0.606. The Labute approximate surface area is 113 Å². The summed E-state index contributed by atoms with van der Waals surface area (Å²) < 4.78 is 5.22. The van der Waals surface area contributed by atoms with Crippen LogP contribution in [0.2, 0.25) is 0 Å². The van der Waals surface area contributed by atoms with Gasteiger partial charge in [-0.25, -0.2) is 4.79 Å². The fourth-order valence-electron chi connectivity index (χ4n) is 2.74. The van der Waals surface area contributed by atoms with Gasteiger partial charge in [0.2, 0.25) is 5.91 Å². The first-order valence-electron chi connectivity index (χ1n) is 6.98. The second-order valence-corrected chi connectivity index (χ2v) is 5.32. The molecule has 3 atom stereocenters. The van der Waals surface area contributed by atoms with Gasteiger partial charge in [0.15, 0.2) is 6.10 Å². The number of carboxylic acids is 1. The van der Waals surface area contributed by atoms with Crippen molar-refractivity contribution < 1.29 is 19.4 Å². The van der Waals surface area contributed by atoms with Gasteiger partial charge < -0.3 is 20.1 Å². The molecule has 0 bridgehead atoms. The molecule has 19 heavy (non-hydrogen) atoms. The Kier molecular flexibility index (Phi) is 4.76. The summed E-state index contributed by atoms with van der Waals surface area (Å²) in [5.74, 6) is -0.649. The molecule has 0 radical (unpaired) electrons. The van der Waals surface area contributed by atoms with E-state index in [1.54, 1.807) is 0 Å². The highest BCUT2D eigenvalue weighted by atomic mass is 16.5. The van der Waals surface area contributed by atoms with E-state index in [1.165, 1.54) is 0 Å². The van der Waals surface area contributed by atoms with E-state index < -0.39 is 18.2 Å². The van der Waals surface area contributed by atoms with Gasteiger partial charge in [0.25, 0.3) is 0 Å². The van der Waals surface area contributed by atoms with Crippen molar-refractivity contribution in [2.75, 3.05) is 26.2 Å². The van der Waals surface area contributed by atoms with Crippen LogP contribution in [0, 0.1) is 5.92 Å². The summed E-state index contributed by atoms with van der Waals surface area (Å²) >= 11 is 0. The predicted molar refractivity (Wildman–Crippen MR) is 68.8 cm³/mol. The third kappa shape index (κ3) is 3.67. The number of nitrogens with zero attached hydrogens (tertiary/aromatic N) is 1. The van der Waals surface area contributed by atoms with Gasteiger partial charge in [0.05, 0.1) is 0 Å². The number of ether oxygens (including phenoxy) is 1. The molecular formula is C13H22N2O4. The Morgan fingerprint density at radius 2 is 2.05 bits per heavy atom. The fourth-order valence-corrected chi connectivity index (χ4v) is 2.74. The summed E-state index contributed by atoms with van der Waals surface area (Å²) in [6.45, 7) is 5.97. The number of hydrogen-bond acceptors (Lipinski definition) is 4. The minimum Gasteiger partial charge on any atom is -0.479 e. The summed E-state index contributed by atoms with van der Waals surface area (Å²) in [7, 11) is 0. The maximum atomic E-state index is 11.9. The lowest BCUT2D eigenvalue weighted by Crippen LogP contribution is -2.38. The zero-order valence-electron chi connectivity index (χ0n) is 11.3. The van der Waals surface area contributed by atoms with Crippen LogP contribution in [-0.2, 0) is 14.3 Å². The molecule has 1 amide bonds.